The zero-order valence-electron chi connectivity index (χ0n) is 11.9. The topological polar surface area (TPSA) is 54.0 Å². The molecule has 2 N–H and O–H groups in total. The maximum absolute atomic E-state index is 12.1. The average Bonchev–Trinajstić information content (AvgIpc) is 3.10. The van der Waals surface area contributed by atoms with Crippen LogP contribution in [-0.2, 0) is 11.0 Å². The molecule has 0 spiro atoms. The number of alkyl halides is 3. The summed E-state index contributed by atoms with van der Waals surface area (Å²) in [4.78, 5) is 13.6. The standard InChI is InChI=1S/C8H9F3N2.C6H9NO/c1-5-3-4-6(8(9,10)11)13-7(5)12-2;8-3-6-5-1-4(5)2-7-6/h3-4H,1-2H3,(H,12,13);3-7H,1-2H2. The van der Waals surface area contributed by atoms with Crippen molar-refractivity contribution in [1.82, 2.24) is 10.3 Å². The van der Waals surface area contributed by atoms with Gasteiger partial charge in [-0.15, -0.1) is 0 Å². The summed E-state index contributed by atoms with van der Waals surface area (Å²) in [5.74, 6) is 1.83. The van der Waals surface area contributed by atoms with E-state index < -0.39 is 11.9 Å². The second-order valence-corrected chi connectivity index (χ2v) is 5.34. The molecule has 1 aromatic heterocycles. The molecule has 3 unspecified atom stereocenters. The Morgan fingerprint density at radius 1 is 1.43 bits per heavy atom. The first kappa shape index (κ1) is 15.8. The maximum atomic E-state index is 12.1. The summed E-state index contributed by atoms with van der Waals surface area (Å²) in [5.41, 5.74) is -0.182. The predicted molar refractivity (Wildman–Crippen MR) is 73.0 cm³/mol. The number of aryl methyl sites for hydroxylation is 1. The lowest BCUT2D eigenvalue weighted by atomic mass is 10.2. The summed E-state index contributed by atoms with van der Waals surface area (Å²) >= 11 is 0. The van der Waals surface area contributed by atoms with Gasteiger partial charge in [-0.05, 0) is 43.4 Å². The highest BCUT2D eigenvalue weighted by Crippen LogP contribution is 2.44. The molecule has 1 aliphatic carbocycles. The van der Waals surface area contributed by atoms with Gasteiger partial charge in [0, 0.05) is 7.05 Å². The molecule has 7 heteroatoms. The molecule has 3 atom stereocenters. The van der Waals surface area contributed by atoms with Crippen LogP contribution in [0.4, 0.5) is 19.0 Å². The fourth-order valence-corrected chi connectivity index (χ4v) is 2.47. The van der Waals surface area contributed by atoms with E-state index in [0.29, 0.717) is 11.5 Å². The second kappa shape index (κ2) is 6.01. The number of carbonyl (C=O) groups excluding carboxylic acids is 1. The van der Waals surface area contributed by atoms with Crippen LogP contribution < -0.4 is 10.6 Å². The molecule has 2 heterocycles. The van der Waals surface area contributed by atoms with E-state index in [0.717, 1.165) is 24.8 Å². The fraction of sp³-hybridized carbons (Fsp3) is 0.571. The van der Waals surface area contributed by atoms with E-state index in [1.54, 1.807) is 6.92 Å². The zero-order valence-corrected chi connectivity index (χ0v) is 11.9. The van der Waals surface area contributed by atoms with Crippen molar-refractivity contribution in [3.63, 3.8) is 0 Å². The molecule has 116 valence electrons. The number of nitrogens with one attached hydrogen (secondary N) is 2. The van der Waals surface area contributed by atoms with Gasteiger partial charge < -0.3 is 15.4 Å². The van der Waals surface area contributed by atoms with Crippen LogP contribution in [0.3, 0.4) is 0 Å². The van der Waals surface area contributed by atoms with E-state index in [1.807, 2.05) is 0 Å². The van der Waals surface area contributed by atoms with Gasteiger partial charge in [-0.1, -0.05) is 6.07 Å². The van der Waals surface area contributed by atoms with Gasteiger partial charge in [-0.25, -0.2) is 4.98 Å². The van der Waals surface area contributed by atoms with Crippen molar-refractivity contribution < 1.29 is 18.0 Å². The van der Waals surface area contributed by atoms with Crippen molar-refractivity contribution in [3.05, 3.63) is 23.4 Å². The van der Waals surface area contributed by atoms with Crippen molar-refractivity contribution in [1.29, 1.82) is 0 Å². The molecule has 1 aromatic rings. The summed E-state index contributed by atoms with van der Waals surface area (Å²) < 4.78 is 36.4. The normalized spacial score (nSPS) is 26.4. The smallest absolute Gasteiger partial charge is 0.373 e. The molecule has 21 heavy (non-hydrogen) atoms. The molecule has 1 saturated carbocycles. The van der Waals surface area contributed by atoms with Gasteiger partial charge in [0.1, 0.15) is 17.8 Å². The fourth-order valence-electron chi connectivity index (χ4n) is 2.47. The van der Waals surface area contributed by atoms with Crippen LogP contribution in [0.2, 0.25) is 0 Å². The van der Waals surface area contributed by atoms with E-state index in [2.05, 4.69) is 15.6 Å². The summed E-state index contributed by atoms with van der Waals surface area (Å²) in [6.07, 6.45) is -2.05. The Hall–Kier alpha value is -1.63. The number of halogens is 3. The van der Waals surface area contributed by atoms with Crippen LogP contribution in [0.5, 0.6) is 0 Å². The minimum Gasteiger partial charge on any atom is -0.373 e. The molecule has 3 rings (SSSR count). The third-order valence-electron chi connectivity index (χ3n) is 3.83. The number of aromatic nitrogens is 1. The number of aldehydes is 1. The molecule has 0 amide bonds. The van der Waals surface area contributed by atoms with Gasteiger partial charge in [0.05, 0.1) is 6.04 Å². The van der Waals surface area contributed by atoms with Crippen LogP contribution in [0.1, 0.15) is 17.7 Å². The summed E-state index contributed by atoms with van der Waals surface area (Å²) in [6, 6.07) is 2.57. The van der Waals surface area contributed by atoms with Gasteiger partial charge in [-0.2, -0.15) is 13.2 Å². The molecule has 1 saturated heterocycles. The molecule has 0 aromatic carbocycles. The lowest BCUT2D eigenvalue weighted by Crippen LogP contribution is -2.27. The monoisotopic (exact) mass is 301 g/mol. The van der Waals surface area contributed by atoms with Crippen molar-refractivity contribution in [3.8, 4) is 0 Å². The van der Waals surface area contributed by atoms with E-state index in [-0.39, 0.29) is 11.9 Å². The van der Waals surface area contributed by atoms with Crippen LogP contribution in [0.15, 0.2) is 12.1 Å². The minimum atomic E-state index is -4.38. The summed E-state index contributed by atoms with van der Waals surface area (Å²) in [5, 5.41) is 5.73. The molecule has 1 aliphatic heterocycles. The first-order valence-electron chi connectivity index (χ1n) is 6.78. The largest absolute Gasteiger partial charge is 0.433 e. The number of rotatable bonds is 2. The van der Waals surface area contributed by atoms with Crippen LogP contribution in [-0.4, -0.2) is 30.9 Å². The van der Waals surface area contributed by atoms with Crippen LogP contribution >= 0.6 is 0 Å². The maximum Gasteiger partial charge on any atom is 0.433 e. The number of carbonyl (C=O) groups is 1. The lowest BCUT2D eigenvalue weighted by molar-refractivity contribution is -0.141. The van der Waals surface area contributed by atoms with Gasteiger partial charge >= 0.3 is 6.18 Å². The Balaban J connectivity index is 0.000000170. The Labute approximate surface area is 121 Å². The quantitative estimate of drug-likeness (QED) is 0.823. The predicted octanol–water partition coefficient (Wildman–Crippen LogP) is 2.24. The molecule has 0 bridgehead atoms. The summed E-state index contributed by atoms with van der Waals surface area (Å²) in [7, 11) is 1.54. The van der Waals surface area contributed by atoms with Crippen molar-refractivity contribution in [2.24, 2.45) is 11.8 Å². The summed E-state index contributed by atoms with van der Waals surface area (Å²) in [6.45, 7) is 2.77. The number of hydrogen-bond acceptors (Lipinski definition) is 4. The van der Waals surface area contributed by atoms with Gasteiger partial charge in [0.15, 0.2) is 0 Å². The zero-order chi connectivity index (χ0) is 15.6. The van der Waals surface area contributed by atoms with Crippen molar-refractivity contribution in [2.75, 3.05) is 18.9 Å². The Morgan fingerprint density at radius 2 is 2.14 bits per heavy atom. The number of anilines is 1. The minimum absolute atomic E-state index is 0.208. The number of pyridine rings is 1. The number of piperidine rings is 1. The van der Waals surface area contributed by atoms with E-state index in [9.17, 15) is 18.0 Å². The Bertz CT molecular complexity index is 519. The van der Waals surface area contributed by atoms with E-state index in [4.69, 9.17) is 0 Å². The van der Waals surface area contributed by atoms with Gasteiger partial charge in [0.2, 0.25) is 0 Å². The van der Waals surface area contributed by atoms with Crippen molar-refractivity contribution in [2.45, 2.75) is 25.6 Å². The first-order valence-corrected chi connectivity index (χ1v) is 6.78. The molecular formula is C14H18F3N3O. The van der Waals surface area contributed by atoms with Crippen LogP contribution in [0, 0.1) is 18.8 Å². The molecule has 0 radical (unpaired) electrons. The first-order chi connectivity index (χ1) is 9.86. The lowest BCUT2D eigenvalue weighted by Gasteiger charge is -2.09. The molecule has 2 fully saturated rings. The highest BCUT2D eigenvalue weighted by Gasteiger charge is 2.47. The van der Waals surface area contributed by atoms with Gasteiger partial charge in [-0.3, -0.25) is 0 Å². The molecule has 2 aliphatic rings. The third kappa shape index (κ3) is 3.72. The highest BCUT2D eigenvalue weighted by molar-refractivity contribution is 5.60. The Kier molecular flexibility index (Phi) is 4.51. The highest BCUT2D eigenvalue weighted by atomic mass is 19.4. The second-order valence-electron chi connectivity index (χ2n) is 5.34. The molecule has 4 nitrogen and oxygen atoms in total. The third-order valence-corrected chi connectivity index (χ3v) is 3.83. The Morgan fingerprint density at radius 3 is 2.52 bits per heavy atom. The van der Waals surface area contributed by atoms with Crippen molar-refractivity contribution >= 4 is 12.1 Å². The van der Waals surface area contributed by atoms with Crippen LogP contribution in [0.25, 0.3) is 0 Å². The van der Waals surface area contributed by atoms with E-state index in [1.165, 1.54) is 19.5 Å². The van der Waals surface area contributed by atoms with E-state index >= 15 is 0 Å². The molecular weight excluding hydrogens is 283 g/mol. The van der Waals surface area contributed by atoms with Gasteiger partial charge in [0.25, 0.3) is 0 Å². The number of nitrogens with zero attached hydrogens (tertiary/aromatic N) is 1. The number of fused-ring (bicyclic) bond motifs is 1. The number of hydrogen-bond donors (Lipinski definition) is 2. The SMILES string of the molecule is CNc1nc(C(F)(F)F)ccc1C.O=CC1NCC2CC21. The average molecular weight is 301 g/mol.